The summed E-state index contributed by atoms with van der Waals surface area (Å²) < 4.78 is 27.7. The average Bonchev–Trinajstić information content (AvgIpc) is 3.43. The van der Waals surface area contributed by atoms with Crippen molar-refractivity contribution in [1.82, 2.24) is 15.6 Å². The van der Waals surface area contributed by atoms with E-state index < -0.39 is 29.7 Å². The number of nitrogens with one attached hydrogen (secondary N) is 2. The lowest BCUT2D eigenvalue weighted by molar-refractivity contribution is 0.0830. The summed E-state index contributed by atoms with van der Waals surface area (Å²) in [5.74, 6) is -1.81. The van der Waals surface area contributed by atoms with Gasteiger partial charge in [0.1, 0.15) is 16.6 Å². The van der Waals surface area contributed by atoms with Crippen LogP contribution in [-0.4, -0.2) is 34.7 Å². The Morgan fingerprint density at radius 1 is 1.00 bits per heavy atom. The molecule has 4 aromatic rings. The van der Waals surface area contributed by atoms with E-state index in [0.717, 1.165) is 28.6 Å². The number of benzene rings is 3. The molecule has 1 aromatic heterocycles. The molecule has 3 aromatic carbocycles. The smallest absolute Gasteiger partial charge is 0.251 e. The number of nitrogens with zero attached hydrogens (tertiary/aromatic N) is 1. The first-order valence-electron chi connectivity index (χ1n) is 12.1. The lowest BCUT2D eigenvalue weighted by atomic mass is 9.99. The molecule has 4 rings (SSSR count). The molecule has 2 atom stereocenters. The van der Waals surface area contributed by atoms with Crippen LogP contribution in [0.15, 0.2) is 78.3 Å². The quantitative estimate of drug-likeness (QED) is 0.256. The van der Waals surface area contributed by atoms with Crippen molar-refractivity contribution in [3.8, 4) is 10.6 Å². The van der Waals surface area contributed by atoms with E-state index in [1.807, 2.05) is 23.6 Å². The molecule has 1 amide bonds. The summed E-state index contributed by atoms with van der Waals surface area (Å²) >= 11 is 1.47. The van der Waals surface area contributed by atoms with Gasteiger partial charge in [-0.2, -0.15) is 0 Å². The second-order valence-electron chi connectivity index (χ2n) is 8.85. The van der Waals surface area contributed by atoms with Crippen LogP contribution < -0.4 is 10.6 Å². The maximum atomic E-state index is 13.8. The van der Waals surface area contributed by atoms with Crippen LogP contribution >= 0.6 is 11.3 Å². The lowest BCUT2D eigenvalue weighted by Crippen LogP contribution is -2.48. The number of carbonyl (C=O) groups is 1. The van der Waals surface area contributed by atoms with Crippen LogP contribution in [0, 0.1) is 11.6 Å². The summed E-state index contributed by atoms with van der Waals surface area (Å²) in [6.07, 6.45) is 1.67. The third kappa shape index (κ3) is 7.52. The Kier molecular flexibility index (Phi) is 9.11. The molecule has 0 aliphatic heterocycles. The molecular weight excluding hydrogens is 492 g/mol. The predicted octanol–water partition coefficient (Wildman–Crippen LogP) is 5.14. The van der Waals surface area contributed by atoms with Crippen molar-refractivity contribution >= 4 is 17.2 Å². The van der Waals surface area contributed by atoms with E-state index in [9.17, 15) is 18.7 Å². The standard InChI is InChI=1S/C29H29F2N3O2S/c1-2-19-5-3-6-20(11-19)17-32-18-27(35)26(14-21-12-24(30)16-25(31)13-21)34-28(36)22-7-4-8-23(15-22)29-33-9-10-37-29/h3-13,15-16,26-27,32,35H,2,14,17-18H2,1H3,(H,34,36)/t26-,27+/m0/s1. The highest BCUT2D eigenvalue weighted by Gasteiger charge is 2.23. The highest BCUT2D eigenvalue weighted by molar-refractivity contribution is 7.13. The van der Waals surface area contributed by atoms with Gasteiger partial charge in [-0.3, -0.25) is 4.79 Å². The first-order valence-corrected chi connectivity index (χ1v) is 13.0. The van der Waals surface area contributed by atoms with E-state index in [1.54, 1.807) is 24.4 Å². The van der Waals surface area contributed by atoms with Gasteiger partial charge in [0.25, 0.3) is 5.91 Å². The van der Waals surface area contributed by atoms with Crippen LogP contribution in [0.4, 0.5) is 8.78 Å². The Bertz CT molecular complexity index is 1310. The monoisotopic (exact) mass is 521 g/mol. The first-order chi connectivity index (χ1) is 17.9. The van der Waals surface area contributed by atoms with Crippen LogP contribution in [0.3, 0.4) is 0 Å². The summed E-state index contributed by atoms with van der Waals surface area (Å²) in [4.78, 5) is 17.4. The van der Waals surface area contributed by atoms with Gasteiger partial charge < -0.3 is 15.7 Å². The zero-order valence-corrected chi connectivity index (χ0v) is 21.3. The number of aromatic nitrogens is 1. The second kappa shape index (κ2) is 12.7. The fraction of sp³-hybridized carbons (Fsp3) is 0.241. The summed E-state index contributed by atoms with van der Waals surface area (Å²) in [5, 5.41) is 19.8. The summed E-state index contributed by atoms with van der Waals surface area (Å²) in [7, 11) is 0. The minimum Gasteiger partial charge on any atom is -0.390 e. The van der Waals surface area contributed by atoms with Crippen LogP contribution in [0.2, 0.25) is 0 Å². The number of rotatable bonds is 11. The van der Waals surface area contributed by atoms with Crippen LogP contribution in [0.25, 0.3) is 10.6 Å². The third-order valence-electron chi connectivity index (χ3n) is 6.05. The van der Waals surface area contributed by atoms with Gasteiger partial charge in [-0.1, -0.05) is 43.3 Å². The minimum atomic E-state index is -1.01. The molecule has 0 bridgehead atoms. The summed E-state index contributed by atoms with van der Waals surface area (Å²) in [6.45, 7) is 2.81. The fourth-order valence-electron chi connectivity index (χ4n) is 4.14. The van der Waals surface area contributed by atoms with Crippen molar-refractivity contribution < 1.29 is 18.7 Å². The maximum absolute atomic E-state index is 13.8. The molecule has 0 saturated carbocycles. The molecule has 3 N–H and O–H groups in total. The first kappa shape index (κ1) is 26.6. The van der Waals surface area contributed by atoms with E-state index in [1.165, 1.54) is 29.0 Å². The molecule has 0 aliphatic rings. The molecule has 1 heterocycles. The van der Waals surface area contributed by atoms with Crippen molar-refractivity contribution in [2.45, 2.75) is 38.5 Å². The van der Waals surface area contributed by atoms with E-state index in [0.29, 0.717) is 17.7 Å². The number of aliphatic hydroxyl groups is 1. The Morgan fingerprint density at radius 3 is 2.49 bits per heavy atom. The van der Waals surface area contributed by atoms with Crippen molar-refractivity contribution in [2.75, 3.05) is 6.54 Å². The molecule has 0 aliphatic carbocycles. The number of hydrogen-bond donors (Lipinski definition) is 3. The number of amides is 1. The third-order valence-corrected chi connectivity index (χ3v) is 6.87. The Balaban J connectivity index is 1.48. The number of halogens is 2. The van der Waals surface area contributed by atoms with Gasteiger partial charge in [0.15, 0.2) is 0 Å². The lowest BCUT2D eigenvalue weighted by Gasteiger charge is -2.25. The predicted molar refractivity (Wildman–Crippen MR) is 142 cm³/mol. The number of aryl methyl sites for hydroxylation is 1. The van der Waals surface area contributed by atoms with Gasteiger partial charge in [0.05, 0.1) is 12.1 Å². The van der Waals surface area contributed by atoms with E-state index >= 15 is 0 Å². The van der Waals surface area contributed by atoms with Crippen LogP contribution in [0.5, 0.6) is 0 Å². The minimum absolute atomic E-state index is 0.0563. The van der Waals surface area contributed by atoms with E-state index in [-0.39, 0.29) is 13.0 Å². The summed E-state index contributed by atoms with van der Waals surface area (Å²) in [5.41, 5.74) is 3.85. The maximum Gasteiger partial charge on any atom is 0.251 e. The molecule has 0 radical (unpaired) electrons. The Hall–Kier alpha value is -3.46. The number of aliphatic hydroxyl groups excluding tert-OH is 1. The zero-order chi connectivity index (χ0) is 26.2. The van der Waals surface area contributed by atoms with Crippen molar-refractivity contribution in [2.24, 2.45) is 0 Å². The molecule has 37 heavy (non-hydrogen) atoms. The molecule has 5 nitrogen and oxygen atoms in total. The van der Waals surface area contributed by atoms with Gasteiger partial charge in [-0.05, 0) is 53.8 Å². The van der Waals surface area contributed by atoms with Crippen molar-refractivity contribution in [3.63, 3.8) is 0 Å². The number of thiazole rings is 1. The van der Waals surface area contributed by atoms with Gasteiger partial charge in [-0.25, -0.2) is 13.8 Å². The van der Waals surface area contributed by atoms with Gasteiger partial charge in [0.2, 0.25) is 0 Å². The number of hydrogen-bond acceptors (Lipinski definition) is 5. The van der Waals surface area contributed by atoms with Crippen molar-refractivity contribution in [3.05, 3.63) is 112 Å². The van der Waals surface area contributed by atoms with E-state index in [2.05, 4.69) is 34.7 Å². The molecule has 0 spiro atoms. The molecule has 192 valence electrons. The summed E-state index contributed by atoms with van der Waals surface area (Å²) in [6, 6.07) is 17.6. The SMILES string of the molecule is CCc1cccc(CNC[C@@H](O)[C@H](Cc2cc(F)cc(F)c2)NC(=O)c2cccc(-c3nccs3)c2)c1. The Morgan fingerprint density at radius 2 is 1.76 bits per heavy atom. The molecule has 0 unspecified atom stereocenters. The normalized spacial score (nSPS) is 12.8. The van der Waals surface area contributed by atoms with Crippen LogP contribution in [-0.2, 0) is 19.4 Å². The molecule has 8 heteroatoms. The van der Waals surface area contributed by atoms with Crippen molar-refractivity contribution in [1.29, 1.82) is 0 Å². The van der Waals surface area contributed by atoms with Gasteiger partial charge in [-0.15, -0.1) is 11.3 Å². The zero-order valence-electron chi connectivity index (χ0n) is 20.5. The van der Waals surface area contributed by atoms with Gasteiger partial charge >= 0.3 is 0 Å². The van der Waals surface area contributed by atoms with E-state index in [4.69, 9.17) is 0 Å². The molecule has 0 saturated heterocycles. The molecular formula is C29H29F2N3O2S. The largest absolute Gasteiger partial charge is 0.390 e. The highest BCUT2D eigenvalue weighted by Crippen LogP contribution is 2.22. The number of carbonyl (C=O) groups excluding carboxylic acids is 1. The topological polar surface area (TPSA) is 74.2 Å². The van der Waals surface area contributed by atoms with Crippen LogP contribution in [0.1, 0.15) is 34.0 Å². The highest BCUT2D eigenvalue weighted by atomic mass is 32.1. The molecule has 0 fully saturated rings. The van der Waals surface area contributed by atoms with Gasteiger partial charge in [0, 0.05) is 41.9 Å². The fourth-order valence-corrected chi connectivity index (χ4v) is 4.78. The Labute approximate surface area is 219 Å². The second-order valence-corrected chi connectivity index (χ2v) is 9.75. The average molecular weight is 522 g/mol.